The Balaban J connectivity index is 0.000000505. The lowest BCUT2D eigenvalue weighted by Crippen LogP contribution is -2.34. The molecule has 8 nitrogen and oxygen atoms in total. The molecule has 1 aliphatic rings. The van der Waals surface area contributed by atoms with Crippen molar-refractivity contribution in [3.8, 4) is 5.75 Å². The second kappa shape index (κ2) is 12.5. The number of fused-ring (bicyclic) bond motifs is 1. The lowest BCUT2D eigenvalue weighted by Gasteiger charge is -2.16. The zero-order valence-electron chi connectivity index (χ0n) is 20.5. The van der Waals surface area contributed by atoms with E-state index in [2.05, 4.69) is 4.98 Å². The molecule has 11 heteroatoms. The van der Waals surface area contributed by atoms with Crippen LogP contribution in [0.15, 0.2) is 54.6 Å². The van der Waals surface area contributed by atoms with Gasteiger partial charge >= 0.3 is 12.1 Å². The largest absolute Gasteiger partial charge is 0.490 e. The number of hydrogen-bond acceptors (Lipinski definition) is 6. The van der Waals surface area contributed by atoms with Gasteiger partial charge in [0.1, 0.15) is 18.1 Å². The van der Waals surface area contributed by atoms with Crippen LogP contribution < -0.4 is 10.2 Å². The van der Waals surface area contributed by atoms with Crippen LogP contribution in [0.2, 0.25) is 0 Å². The molecule has 4 rings (SSSR count). The number of Topliss-reactive ketones (excluding diaryl/α,β-unsaturated/α-hetero) is 1. The Kier molecular flexibility index (Phi) is 9.40. The summed E-state index contributed by atoms with van der Waals surface area (Å²) in [7, 11) is 0. The van der Waals surface area contributed by atoms with Gasteiger partial charge in [-0.05, 0) is 49.6 Å². The van der Waals surface area contributed by atoms with E-state index in [-0.39, 0.29) is 18.1 Å². The van der Waals surface area contributed by atoms with Crippen molar-refractivity contribution >= 4 is 28.6 Å². The number of halogens is 3. The molecule has 0 saturated heterocycles. The zero-order chi connectivity index (χ0) is 27.9. The Hall–Kier alpha value is -3.99. The molecular formula is C27H27F3N2O6. The van der Waals surface area contributed by atoms with Crippen molar-refractivity contribution in [2.45, 2.75) is 45.4 Å². The van der Waals surface area contributed by atoms with Gasteiger partial charge < -0.3 is 9.84 Å². The summed E-state index contributed by atoms with van der Waals surface area (Å²) in [5.41, 5.74) is 5.56. The fourth-order valence-electron chi connectivity index (χ4n) is 4.45. The van der Waals surface area contributed by atoms with Gasteiger partial charge in [-0.2, -0.15) is 13.2 Å². The van der Waals surface area contributed by atoms with Gasteiger partial charge in [-0.25, -0.2) is 10.3 Å². The number of aryl methyl sites for hydroxylation is 1. The molecule has 1 heterocycles. The van der Waals surface area contributed by atoms with Gasteiger partial charge in [0, 0.05) is 34.9 Å². The number of hydrogen-bond donors (Lipinski definition) is 3. The number of aliphatic carboxylic acids is 1. The fourth-order valence-corrected chi connectivity index (χ4v) is 4.45. The SMILES string of the molecule is Cc1cc(COc2ccc(CC(=O)C3CCC[C@H]3C(=O)NO)cc2)c2ccccc2n1.O=C(O)C(F)(F)F. The summed E-state index contributed by atoms with van der Waals surface area (Å²) in [6, 6.07) is 17.6. The number of aromatic nitrogens is 1. The van der Waals surface area contributed by atoms with Crippen LogP contribution in [0, 0.1) is 18.8 Å². The number of carboxylic acid groups (broad SMARTS) is 1. The van der Waals surface area contributed by atoms with Crippen LogP contribution in [0.1, 0.15) is 36.1 Å². The first-order chi connectivity index (χ1) is 18.0. The van der Waals surface area contributed by atoms with Gasteiger partial charge in [-0.15, -0.1) is 0 Å². The number of para-hydroxylation sites is 1. The van der Waals surface area contributed by atoms with E-state index >= 15 is 0 Å². The van der Waals surface area contributed by atoms with Gasteiger partial charge in [-0.1, -0.05) is 36.8 Å². The number of carbonyl (C=O) groups is 3. The average Bonchev–Trinajstić information content (AvgIpc) is 3.38. The first-order valence-corrected chi connectivity index (χ1v) is 11.8. The number of carboxylic acids is 1. The summed E-state index contributed by atoms with van der Waals surface area (Å²) in [6.07, 6.45) is -2.66. The quantitative estimate of drug-likeness (QED) is 0.295. The monoisotopic (exact) mass is 532 g/mol. The highest BCUT2D eigenvalue weighted by Crippen LogP contribution is 2.33. The highest BCUT2D eigenvalue weighted by Gasteiger charge is 2.38. The molecule has 3 aromatic rings. The Bertz CT molecular complexity index is 1290. The maximum absolute atomic E-state index is 12.7. The molecule has 3 N–H and O–H groups in total. The predicted octanol–water partition coefficient (Wildman–Crippen LogP) is 4.79. The van der Waals surface area contributed by atoms with Crippen LogP contribution in [-0.4, -0.2) is 39.1 Å². The van der Waals surface area contributed by atoms with Gasteiger partial charge in [0.2, 0.25) is 5.91 Å². The van der Waals surface area contributed by atoms with E-state index in [4.69, 9.17) is 19.8 Å². The van der Waals surface area contributed by atoms with E-state index in [0.717, 1.165) is 39.9 Å². The molecule has 0 aliphatic heterocycles. The van der Waals surface area contributed by atoms with Crippen LogP contribution in [0.3, 0.4) is 0 Å². The van der Waals surface area contributed by atoms with Crippen molar-refractivity contribution in [2.24, 2.45) is 11.8 Å². The molecule has 0 spiro atoms. The van der Waals surface area contributed by atoms with E-state index in [0.29, 0.717) is 19.4 Å². The number of rotatable bonds is 7. The third kappa shape index (κ3) is 7.51. The molecule has 1 aliphatic carbocycles. The Labute approximate surface area is 216 Å². The van der Waals surface area contributed by atoms with Crippen molar-refractivity contribution in [1.82, 2.24) is 10.5 Å². The fraction of sp³-hybridized carbons (Fsp3) is 0.333. The summed E-state index contributed by atoms with van der Waals surface area (Å²) < 4.78 is 37.7. The molecule has 1 unspecified atom stereocenters. The molecule has 1 aromatic heterocycles. The Morgan fingerprint density at radius 3 is 2.32 bits per heavy atom. The number of nitrogens with one attached hydrogen (secondary N) is 1. The highest BCUT2D eigenvalue weighted by atomic mass is 19.4. The van der Waals surface area contributed by atoms with E-state index in [9.17, 15) is 22.8 Å². The van der Waals surface area contributed by atoms with Crippen molar-refractivity contribution in [3.05, 3.63) is 71.4 Å². The number of alkyl halides is 3. The molecule has 2 atom stereocenters. The summed E-state index contributed by atoms with van der Waals surface area (Å²) in [5, 5.41) is 17.1. The molecule has 38 heavy (non-hydrogen) atoms. The highest BCUT2D eigenvalue weighted by molar-refractivity contribution is 5.90. The standard InChI is InChI=1S/C25H26N2O4.C2HF3O2/c1-16-13-18(20-5-2-3-8-23(20)26-16)15-31-19-11-9-17(10-12-19)14-24(28)21-6-4-7-22(21)25(29)27-30;3-2(4,5)1(6)7/h2-3,5,8-13,21-22,30H,4,6-7,14-15H2,1H3,(H,27,29);(H,6,7)/t21?,22-;/m1./s1. The summed E-state index contributed by atoms with van der Waals surface area (Å²) in [4.78, 5) is 37.9. The predicted molar refractivity (Wildman–Crippen MR) is 130 cm³/mol. The minimum atomic E-state index is -5.08. The topological polar surface area (TPSA) is 126 Å². The van der Waals surface area contributed by atoms with E-state index in [1.165, 1.54) is 0 Å². The van der Waals surface area contributed by atoms with Gasteiger partial charge in [0.05, 0.1) is 5.52 Å². The van der Waals surface area contributed by atoms with Crippen molar-refractivity contribution in [2.75, 3.05) is 0 Å². The molecule has 1 fully saturated rings. The van der Waals surface area contributed by atoms with E-state index < -0.39 is 24.0 Å². The Morgan fingerprint density at radius 2 is 1.68 bits per heavy atom. The van der Waals surface area contributed by atoms with E-state index in [1.807, 2.05) is 61.5 Å². The van der Waals surface area contributed by atoms with Crippen LogP contribution in [0.5, 0.6) is 5.75 Å². The average molecular weight is 533 g/mol. The second-order valence-electron chi connectivity index (χ2n) is 8.94. The number of ketones is 1. The summed E-state index contributed by atoms with van der Waals surface area (Å²) >= 11 is 0. The van der Waals surface area contributed by atoms with Crippen molar-refractivity contribution in [3.63, 3.8) is 0 Å². The number of benzene rings is 2. The minimum absolute atomic E-state index is 0.0403. The zero-order valence-corrected chi connectivity index (χ0v) is 20.5. The smallest absolute Gasteiger partial charge is 0.489 e. The molecule has 202 valence electrons. The van der Waals surface area contributed by atoms with Crippen LogP contribution in [0.25, 0.3) is 10.9 Å². The lowest BCUT2D eigenvalue weighted by atomic mass is 9.88. The second-order valence-corrected chi connectivity index (χ2v) is 8.94. The lowest BCUT2D eigenvalue weighted by molar-refractivity contribution is -0.192. The normalized spacial score (nSPS) is 16.9. The maximum atomic E-state index is 12.7. The number of ether oxygens (including phenoxy) is 1. The number of amides is 1. The van der Waals surface area contributed by atoms with Crippen molar-refractivity contribution in [1.29, 1.82) is 0 Å². The number of hydroxylamine groups is 1. The Morgan fingerprint density at radius 1 is 1.05 bits per heavy atom. The molecule has 0 radical (unpaired) electrons. The van der Waals surface area contributed by atoms with Gasteiger partial charge in [0.15, 0.2) is 0 Å². The first kappa shape index (κ1) is 28.6. The number of nitrogens with zero attached hydrogens (tertiary/aromatic N) is 1. The molecule has 1 amide bonds. The van der Waals surface area contributed by atoms with Crippen molar-refractivity contribution < 1.29 is 42.6 Å². The van der Waals surface area contributed by atoms with Gasteiger partial charge in [0.25, 0.3) is 0 Å². The summed E-state index contributed by atoms with van der Waals surface area (Å²) in [6.45, 7) is 2.41. The third-order valence-corrected chi connectivity index (χ3v) is 6.24. The molecule has 0 bridgehead atoms. The van der Waals surface area contributed by atoms with E-state index in [1.54, 1.807) is 5.48 Å². The third-order valence-electron chi connectivity index (χ3n) is 6.24. The summed E-state index contributed by atoms with van der Waals surface area (Å²) in [5.74, 6) is -3.21. The molecule has 2 aromatic carbocycles. The minimum Gasteiger partial charge on any atom is -0.489 e. The molecular weight excluding hydrogens is 505 g/mol. The first-order valence-electron chi connectivity index (χ1n) is 11.8. The van der Waals surface area contributed by atoms with Crippen LogP contribution in [-0.2, 0) is 27.4 Å². The maximum Gasteiger partial charge on any atom is 0.490 e. The number of carbonyl (C=O) groups excluding carboxylic acids is 2. The molecule has 1 saturated carbocycles. The van der Waals surface area contributed by atoms with Crippen LogP contribution in [0.4, 0.5) is 13.2 Å². The van der Waals surface area contributed by atoms with Crippen LogP contribution >= 0.6 is 0 Å². The number of pyridine rings is 1. The van der Waals surface area contributed by atoms with Gasteiger partial charge in [-0.3, -0.25) is 19.8 Å².